The van der Waals surface area contributed by atoms with Crippen molar-refractivity contribution in [3.05, 3.63) is 28.2 Å². The van der Waals surface area contributed by atoms with E-state index in [9.17, 15) is 8.42 Å². The first kappa shape index (κ1) is 14.0. The van der Waals surface area contributed by atoms with Crippen molar-refractivity contribution in [2.45, 2.75) is 30.7 Å². The predicted octanol–water partition coefficient (Wildman–Crippen LogP) is 1.79. The zero-order valence-electron chi connectivity index (χ0n) is 10.2. The van der Waals surface area contributed by atoms with E-state index in [0.29, 0.717) is 11.4 Å². The Morgan fingerprint density at radius 2 is 2.28 bits per heavy atom. The van der Waals surface area contributed by atoms with Crippen molar-refractivity contribution >= 4 is 26.0 Å². The molecule has 0 aromatic heterocycles. The number of aryl methyl sites for hydroxylation is 1. The monoisotopic (exact) mass is 332 g/mol. The Kier molecular flexibility index (Phi) is 4.42. The fraction of sp³-hybridized carbons (Fsp3) is 0.500. The lowest BCUT2D eigenvalue weighted by molar-refractivity contribution is 0.551. The minimum atomic E-state index is -3.40. The first-order valence-electron chi connectivity index (χ1n) is 5.98. The topological polar surface area (TPSA) is 58.2 Å². The summed E-state index contributed by atoms with van der Waals surface area (Å²) in [5, 5.41) is 3.27. The molecule has 1 unspecified atom stereocenters. The Labute approximate surface area is 116 Å². The van der Waals surface area contributed by atoms with Crippen molar-refractivity contribution in [2.24, 2.45) is 0 Å². The normalized spacial score (nSPS) is 20.2. The maximum Gasteiger partial charge on any atom is 0.240 e. The Morgan fingerprint density at radius 3 is 2.89 bits per heavy atom. The van der Waals surface area contributed by atoms with Gasteiger partial charge < -0.3 is 5.32 Å². The van der Waals surface area contributed by atoms with Gasteiger partial charge in [-0.2, -0.15) is 0 Å². The highest BCUT2D eigenvalue weighted by Crippen LogP contribution is 2.20. The second kappa shape index (κ2) is 5.69. The molecule has 18 heavy (non-hydrogen) atoms. The van der Waals surface area contributed by atoms with Crippen LogP contribution in [0.15, 0.2) is 27.6 Å². The molecule has 4 nitrogen and oxygen atoms in total. The SMILES string of the molecule is Cc1cc(S(=O)(=O)NCC2CCCN2)ccc1Br. The summed E-state index contributed by atoms with van der Waals surface area (Å²) in [5.41, 5.74) is 0.914. The lowest BCUT2D eigenvalue weighted by Crippen LogP contribution is -2.37. The highest BCUT2D eigenvalue weighted by Gasteiger charge is 2.19. The van der Waals surface area contributed by atoms with E-state index in [0.717, 1.165) is 29.4 Å². The van der Waals surface area contributed by atoms with E-state index in [1.165, 1.54) is 0 Å². The van der Waals surface area contributed by atoms with Gasteiger partial charge in [-0.25, -0.2) is 13.1 Å². The van der Waals surface area contributed by atoms with Crippen molar-refractivity contribution in [1.82, 2.24) is 10.0 Å². The Hall–Kier alpha value is -0.430. The van der Waals surface area contributed by atoms with E-state index >= 15 is 0 Å². The van der Waals surface area contributed by atoms with Gasteiger partial charge in [0.15, 0.2) is 0 Å². The molecule has 1 saturated heterocycles. The number of sulfonamides is 1. The number of nitrogens with one attached hydrogen (secondary N) is 2. The van der Waals surface area contributed by atoms with E-state index in [1.807, 2.05) is 6.92 Å². The molecule has 1 atom stereocenters. The molecule has 1 aromatic rings. The van der Waals surface area contributed by atoms with Crippen LogP contribution in [-0.4, -0.2) is 27.5 Å². The average molecular weight is 333 g/mol. The smallest absolute Gasteiger partial charge is 0.240 e. The van der Waals surface area contributed by atoms with Gasteiger partial charge in [0.05, 0.1) is 4.90 Å². The summed E-state index contributed by atoms with van der Waals surface area (Å²) in [6.45, 7) is 3.31. The molecule has 0 aliphatic carbocycles. The number of hydrogen-bond acceptors (Lipinski definition) is 3. The van der Waals surface area contributed by atoms with Crippen LogP contribution in [-0.2, 0) is 10.0 Å². The fourth-order valence-corrected chi connectivity index (χ4v) is 3.42. The lowest BCUT2D eigenvalue weighted by Gasteiger charge is -2.12. The Bertz CT molecular complexity index is 525. The third-order valence-corrected chi connectivity index (χ3v) is 5.43. The van der Waals surface area contributed by atoms with Crippen molar-refractivity contribution in [2.75, 3.05) is 13.1 Å². The number of rotatable bonds is 4. The molecule has 1 aliphatic heterocycles. The molecule has 100 valence electrons. The van der Waals surface area contributed by atoms with Gasteiger partial charge in [-0.15, -0.1) is 0 Å². The molecule has 1 heterocycles. The molecule has 0 amide bonds. The summed E-state index contributed by atoms with van der Waals surface area (Å²) in [6.07, 6.45) is 2.14. The summed E-state index contributed by atoms with van der Waals surface area (Å²) in [7, 11) is -3.40. The van der Waals surface area contributed by atoms with Gasteiger partial charge in [-0.3, -0.25) is 0 Å². The largest absolute Gasteiger partial charge is 0.313 e. The second-order valence-electron chi connectivity index (χ2n) is 4.56. The van der Waals surface area contributed by atoms with Crippen LogP contribution in [0.1, 0.15) is 18.4 Å². The summed E-state index contributed by atoms with van der Waals surface area (Å²) >= 11 is 3.36. The molecule has 6 heteroatoms. The highest BCUT2D eigenvalue weighted by atomic mass is 79.9. The number of hydrogen-bond donors (Lipinski definition) is 2. The van der Waals surface area contributed by atoms with Crippen LogP contribution in [0.3, 0.4) is 0 Å². The van der Waals surface area contributed by atoms with Crippen LogP contribution in [0, 0.1) is 6.92 Å². The quantitative estimate of drug-likeness (QED) is 0.883. The van der Waals surface area contributed by atoms with Crippen LogP contribution < -0.4 is 10.0 Å². The molecule has 1 aromatic carbocycles. The van der Waals surface area contributed by atoms with Crippen molar-refractivity contribution in [3.8, 4) is 0 Å². The zero-order valence-corrected chi connectivity index (χ0v) is 12.6. The lowest BCUT2D eigenvalue weighted by atomic mass is 10.2. The summed E-state index contributed by atoms with van der Waals surface area (Å²) in [4.78, 5) is 0.321. The summed E-state index contributed by atoms with van der Waals surface area (Å²) in [6, 6.07) is 5.31. The fourth-order valence-electron chi connectivity index (χ4n) is 2.01. The van der Waals surface area contributed by atoms with E-state index in [1.54, 1.807) is 18.2 Å². The van der Waals surface area contributed by atoms with Gasteiger partial charge in [0, 0.05) is 17.1 Å². The minimum Gasteiger partial charge on any atom is -0.313 e. The minimum absolute atomic E-state index is 0.260. The van der Waals surface area contributed by atoms with Crippen LogP contribution in [0.2, 0.25) is 0 Å². The van der Waals surface area contributed by atoms with Crippen LogP contribution in [0.4, 0.5) is 0 Å². The van der Waals surface area contributed by atoms with Gasteiger partial charge in [-0.1, -0.05) is 15.9 Å². The molecule has 1 fully saturated rings. The maximum absolute atomic E-state index is 12.1. The van der Waals surface area contributed by atoms with E-state index in [-0.39, 0.29) is 6.04 Å². The Balaban J connectivity index is 2.07. The Morgan fingerprint density at radius 1 is 1.50 bits per heavy atom. The third-order valence-electron chi connectivity index (χ3n) is 3.12. The van der Waals surface area contributed by atoms with Gasteiger partial charge in [0.25, 0.3) is 0 Å². The van der Waals surface area contributed by atoms with Crippen LogP contribution >= 0.6 is 15.9 Å². The summed E-state index contributed by atoms with van der Waals surface area (Å²) < 4.78 is 27.8. The molecular formula is C12H17BrN2O2S. The molecule has 0 bridgehead atoms. The van der Waals surface area contributed by atoms with E-state index < -0.39 is 10.0 Å². The maximum atomic E-state index is 12.1. The first-order chi connectivity index (χ1) is 8.49. The molecule has 2 rings (SSSR count). The van der Waals surface area contributed by atoms with E-state index in [2.05, 4.69) is 26.0 Å². The van der Waals surface area contributed by atoms with Gasteiger partial charge in [0.1, 0.15) is 0 Å². The standard InChI is InChI=1S/C12H17BrN2O2S/c1-9-7-11(4-5-12(9)13)18(16,17)15-8-10-3-2-6-14-10/h4-5,7,10,14-15H,2-3,6,8H2,1H3. The second-order valence-corrected chi connectivity index (χ2v) is 7.18. The molecule has 0 radical (unpaired) electrons. The summed E-state index contributed by atoms with van der Waals surface area (Å²) in [5.74, 6) is 0. The predicted molar refractivity (Wildman–Crippen MR) is 75.1 cm³/mol. The van der Waals surface area contributed by atoms with Crippen molar-refractivity contribution in [3.63, 3.8) is 0 Å². The van der Waals surface area contributed by atoms with Gasteiger partial charge >= 0.3 is 0 Å². The third kappa shape index (κ3) is 3.32. The van der Waals surface area contributed by atoms with Gasteiger partial charge in [-0.05, 0) is 50.1 Å². The van der Waals surface area contributed by atoms with Crippen LogP contribution in [0.5, 0.6) is 0 Å². The van der Waals surface area contributed by atoms with E-state index in [4.69, 9.17) is 0 Å². The average Bonchev–Trinajstić information content (AvgIpc) is 2.83. The molecule has 2 N–H and O–H groups in total. The highest BCUT2D eigenvalue weighted by molar-refractivity contribution is 9.10. The van der Waals surface area contributed by atoms with Crippen LogP contribution in [0.25, 0.3) is 0 Å². The van der Waals surface area contributed by atoms with Crippen molar-refractivity contribution < 1.29 is 8.42 Å². The molecular weight excluding hydrogens is 316 g/mol. The first-order valence-corrected chi connectivity index (χ1v) is 8.26. The molecule has 1 aliphatic rings. The number of benzene rings is 1. The molecule has 0 saturated carbocycles. The number of halogens is 1. The van der Waals surface area contributed by atoms with Gasteiger partial charge in [0.2, 0.25) is 10.0 Å². The van der Waals surface area contributed by atoms with Crippen molar-refractivity contribution in [1.29, 1.82) is 0 Å². The molecule has 0 spiro atoms. The zero-order chi connectivity index (χ0) is 13.2.